The monoisotopic (exact) mass is 251 g/mol. The van der Waals surface area contributed by atoms with Crippen molar-refractivity contribution in [3.05, 3.63) is 0 Å². The summed E-state index contributed by atoms with van der Waals surface area (Å²) in [5, 5.41) is 11.6. The van der Waals surface area contributed by atoms with Gasteiger partial charge in [0.2, 0.25) is 0 Å². The number of amides is 1. The Balaban J connectivity index is 2.62. The van der Waals surface area contributed by atoms with Crippen LogP contribution in [-0.2, 0) is 4.74 Å². The molecule has 6 heteroatoms. The predicted molar refractivity (Wildman–Crippen MR) is 58.0 cm³/mol. The zero-order valence-electron chi connectivity index (χ0n) is 10.3. The molecule has 0 aliphatic heterocycles. The van der Waals surface area contributed by atoms with E-state index in [2.05, 4.69) is 5.32 Å². The summed E-state index contributed by atoms with van der Waals surface area (Å²) in [7, 11) is 0. The van der Waals surface area contributed by atoms with Crippen molar-refractivity contribution >= 4 is 6.09 Å². The first-order valence-corrected chi connectivity index (χ1v) is 5.57. The number of aliphatic hydroxyl groups is 1. The molecule has 1 atom stereocenters. The smallest absolute Gasteiger partial charge is 0.408 e. The van der Waals surface area contributed by atoms with Crippen molar-refractivity contribution in [1.82, 2.24) is 5.32 Å². The summed E-state index contributed by atoms with van der Waals surface area (Å²) in [6.45, 7) is 4.53. The van der Waals surface area contributed by atoms with E-state index >= 15 is 0 Å². The van der Waals surface area contributed by atoms with Gasteiger partial charge in [-0.25, -0.2) is 13.6 Å². The minimum atomic E-state index is -2.84. The Kier molecular flexibility index (Phi) is 3.66. The molecule has 0 aromatic rings. The fraction of sp³-hybridized carbons (Fsp3) is 0.909. The molecule has 1 aliphatic carbocycles. The van der Waals surface area contributed by atoms with E-state index < -0.39 is 36.2 Å². The lowest BCUT2D eigenvalue weighted by molar-refractivity contribution is -0.00657. The maximum absolute atomic E-state index is 13.1. The van der Waals surface area contributed by atoms with Crippen LogP contribution in [0.2, 0.25) is 0 Å². The number of carbonyl (C=O) groups is 1. The molecule has 1 saturated carbocycles. The van der Waals surface area contributed by atoms with Crippen molar-refractivity contribution in [1.29, 1.82) is 0 Å². The van der Waals surface area contributed by atoms with Gasteiger partial charge in [-0.1, -0.05) is 0 Å². The fourth-order valence-corrected chi connectivity index (χ4v) is 1.90. The van der Waals surface area contributed by atoms with Crippen molar-refractivity contribution in [2.75, 3.05) is 6.61 Å². The number of alkyl halides is 2. The molecule has 0 heterocycles. The number of hydrogen-bond acceptors (Lipinski definition) is 3. The number of alkyl carbamates (subject to hydrolysis) is 1. The number of carbonyl (C=O) groups excluding carboxylic acids is 1. The molecule has 1 rings (SSSR count). The second-order valence-corrected chi connectivity index (χ2v) is 5.60. The average Bonchev–Trinajstić information content (AvgIpc) is 2.39. The van der Waals surface area contributed by atoms with Gasteiger partial charge in [0.25, 0.3) is 5.92 Å². The van der Waals surface area contributed by atoms with E-state index in [0.717, 1.165) is 0 Å². The summed E-state index contributed by atoms with van der Waals surface area (Å²) in [5.74, 6) is -2.84. The maximum atomic E-state index is 13.1. The second-order valence-electron chi connectivity index (χ2n) is 5.60. The van der Waals surface area contributed by atoms with Crippen molar-refractivity contribution < 1.29 is 23.4 Å². The van der Waals surface area contributed by atoms with Gasteiger partial charge in [0.1, 0.15) is 5.60 Å². The van der Waals surface area contributed by atoms with Crippen LogP contribution in [0.25, 0.3) is 0 Å². The molecule has 1 amide bonds. The standard InChI is InChI=1S/C11H19F2NO3/c1-9(2,3)17-8(16)14-10(7-15)4-5-11(12,13)6-10/h15H,4-7H2,1-3H3,(H,14,16)/t10-/m0/s1. The number of rotatable bonds is 2. The number of ether oxygens (including phenoxy) is 1. The Bertz CT molecular complexity index is 302. The van der Waals surface area contributed by atoms with Crippen molar-refractivity contribution in [3.63, 3.8) is 0 Å². The van der Waals surface area contributed by atoms with Crippen LogP contribution >= 0.6 is 0 Å². The van der Waals surface area contributed by atoms with Crippen LogP contribution in [0.5, 0.6) is 0 Å². The predicted octanol–water partition coefficient (Wildman–Crippen LogP) is 2.06. The third-order valence-electron chi connectivity index (χ3n) is 2.64. The van der Waals surface area contributed by atoms with Crippen molar-refractivity contribution in [3.8, 4) is 0 Å². The summed E-state index contributed by atoms with van der Waals surface area (Å²) in [4.78, 5) is 11.5. The van der Waals surface area contributed by atoms with Crippen LogP contribution in [-0.4, -0.2) is 34.9 Å². The molecular formula is C11H19F2NO3. The third kappa shape index (κ3) is 4.11. The summed E-state index contributed by atoms with van der Waals surface area (Å²) in [5.41, 5.74) is -1.95. The number of hydrogen-bond donors (Lipinski definition) is 2. The van der Waals surface area contributed by atoms with Crippen LogP contribution in [0.4, 0.5) is 13.6 Å². The average molecular weight is 251 g/mol. The number of aliphatic hydroxyl groups excluding tert-OH is 1. The minimum absolute atomic E-state index is 0.0513. The summed E-state index contributed by atoms with van der Waals surface area (Å²) >= 11 is 0. The highest BCUT2D eigenvalue weighted by Gasteiger charge is 2.50. The lowest BCUT2D eigenvalue weighted by atomic mass is 9.99. The Hall–Kier alpha value is -0.910. The Labute approximate surface area is 99.3 Å². The zero-order chi connectivity index (χ0) is 13.3. The zero-order valence-corrected chi connectivity index (χ0v) is 10.3. The summed E-state index contributed by atoms with van der Waals surface area (Å²) < 4.78 is 31.2. The van der Waals surface area contributed by atoms with E-state index in [1.807, 2.05) is 0 Å². The van der Waals surface area contributed by atoms with E-state index in [4.69, 9.17) is 4.74 Å². The molecule has 17 heavy (non-hydrogen) atoms. The molecule has 0 aromatic carbocycles. The molecule has 2 N–H and O–H groups in total. The molecule has 4 nitrogen and oxygen atoms in total. The van der Waals surface area contributed by atoms with E-state index in [-0.39, 0.29) is 12.8 Å². The van der Waals surface area contributed by atoms with Gasteiger partial charge in [-0.15, -0.1) is 0 Å². The molecule has 0 saturated heterocycles. The van der Waals surface area contributed by atoms with Crippen LogP contribution < -0.4 is 5.32 Å². The largest absolute Gasteiger partial charge is 0.444 e. The number of halogens is 2. The topological polar surface area (TPSA) is 58.6 Å². The lowest BCUT2D eigenvalue weighted by Crippen LogP contribution is -2.51. The first-order valence-electron chi connectivity index (χ1n) is 5.57. The SMILES string of the molecule is CC(C)(C)OC(=O)N[C@@]1(CO)CCC(F)(F)C1. The van der Waals surface area contributed by atoms with E-state index in [1.54, 1.807) is 20.8 Å². The van der Waals surface area contributed by atoms with Crippen molar-refractivity contribution in [2.45, 2.75) is 57.1 Å². The Morgan fingerprint density at radius 2 is 2.00 bits per heavy atom. The highest BCUT2D eigenvalue weighted by Crippen LogP contribution is 2.41. The third-order valence-corrected chi connectivity index (χ3v) is 2.64. The normalized spacial score (nSPS) is 27.9. The van der Waals surface area contributed by atoms with Gasteiger partial charge in [0.15, 0.2) is 0 Å². The quantitative estimate of drug-likeness (QED) is 0.789. The van der Waals surface area contributed by atoms with E-state index in [0.29, 0.717) is 0 Å². The molecule has 100 valence electrons. The highest BCUT2D eigenvalue weighted by atomic mass is 19.3. The molecule has 0 bridgehead atoms. The fourth-order valence-electron chi connectivity index (χ4n) is 1.90. The van der Waals surface area contributed by atoms with Crippen LogP contribution in [0.15, 0.2) is 0 Å². The van der Waals surface area contributed by atoms with Crippen LogP contribution in [0.3, 0.4) is 0 Å². The van der Waals surface area contributed by atoms with Gasteiger partial charge >= 0.3 is 6.09 Å². The molecule has 0 aromatic heterocycles. The van der Waals surface area contributed by atoms with E-state index in [1.165, 1.54) is 0 Å². The Morgan fingerprint density at radius 1 is 1.41 bits per heavy atom. The van der Waals surface area contributed by atoms with Gasteiger partial charge in [-0.3, -0.25) is 0 Å². The molecule has 0 radical (unpaired) electrons. The van der Waals surface area contributed by atoms with Gasteiger partial charge in [-0.2, -0.15) is 0 Å². The summed E-state index contributed by atoms with van der Waals surface area (Å²) in [6, 6.07) is 0. The van der Waals surface area contributed by atoms with Gasteiger partial charge in [0.05, 0.1) is 12.1 Å². The molecule has 1 fully saturated rings. The molecule has 0 spiro atoms. The second kappa shape index (κ2) is 4.40. The first-order chi connectivity index (χ1) is 7.58. The van der Waals surface area contributed by atoms with E-state index in [9.17, 15) is 18.7 Å². The van der Waals surface area contributed by atoms with Crippen LogP contribution in [0.1, 0.15) is 40.0 Å². The van der Waals surface area contributed by atoms with Crippen molar-refractivity contribution in [2.24, 2.45) is 0 Å². The molecular weight excluding hydrogens is 232 g/mol. The van der Waals surface area contributed by atoms with Gasteiger partial charge in [0, 0.05) is 12.8 Å². The molecule has 0 unspecified atom stereocenters. The minimum Gasteiger partial charge on any atom is -0.444 e. The van der Waals surface area contributed by atoms with Gasteiger partial charge in [-0.05, 0) is 27.2 Å². The first kappa shape index (κ1) is 14.2. The lowest BCUT2D eigenvalue weighted by Gasteiger charge is -2.29. The summed E-state index contributed by atoms with van der Waals surface area (Å²) in [6.07, 6.45) is -1.60. The Morgan fingerprint density at radius 3 is 2.35 bits per heavy atom. The highest BCUT2D eigenvalue weighted by molar-refractivity contribution is 5.69. The molecule has 1 aliphatic rings. The number of nitrogens with one attached hydrogen (secondary N) is 1. The van der Waals surface area contributed by atoms with Crippen LogP contribution in [0, 0.1) is 0 Å². The maximum Gasteiger partial charge on any atom is 0.408 e. The van der Waals surface area contributed by atoms with Gasteiger partial charge < -0.3 is 15.2 Å².